The Balaban J connectivity index is 1.82. The zero-order chi connectivity index (χ0) is 26.5. The number of rotatable bonds is 9. The Morgan fingerprint density at radius 2 is 1.97 bits per heavy atom. The zero-order valence-corrected chi connectivity index (χ0v) is 20.6. The molecular weight excluding hydrogens is 474 g/mol. The second-order valence-electron chi connectivity index (χ2n) is 8.82. The molecule has 1 aliphatic heterocycles. The number of aliphatic hydroxyl groups is 1. The molecule has 0 spiro atoms. The van der Waals surface area contributed by atoms with Crippen LogP contribution >= 0.6 is 0 Å². The first-order chi connectivity index (χ1) is 17.8. The number of ketones is 1. The first-order valence-electron chi connectivity index (χ1n) is 12.0. The molecule has 1 N–H and O–H groups in total. The number of nitro benzene ring substituents is 1. The van der Waals surface area contributed by atoms with Crippen molar-refractivity contribution in [1.29, 1.82) is 0 Å². The van der Waals surface area contributed by atoms with Crippen molar-refractivity contribution in [3.8, 4) is 5.75 Å². The number of aryl methyl sites for hydroxylation is 1. The number of likely N-dealkylation sites (tertiary alicyclic amines) is 1. The smallest absolute Gasteiger partial charge is 0.295 e. The van der Waals surface area contributed by atoms with Crippen molar-refractivity contribution < 1.29 is 24.4 Å². The van der Waals surface area contributed by atoms with Crippen LogP contribution in [0.1, 0.15) is 48.1 Å². The number of nitrogens with zero attached hydrogens (tertiary/aromatic N) is 3. The predicted octanol–water partition coefficient (Wildman–Crippen LogP) is 5.10. The van der Waals surface area contributed by atoms with Crippen LogP contribution in [-0.2, 0) is 16.1 Å². The number of ether oxygens (including phenoxy) is 1. The van der Waals surface area contributed by atoms with Gasteiger partial charge in [-0.05, 0) is 54.3 Å². The van der Waals surface area contributed by atoms with E-state index in [9.17, 15) is 24.8 Å². The van der Waals surface area contributed by atoms with Crippen LogP contribution in [0.5, 0.6) is 5.75 Å². The van der Waals surface area contributed by atoms with Crippen molar-refractivity contribution >= 4 is 23.1 Å². The summed E-state index contributed by atoms with van der Waals surface area (Å²) in [5, 5.41) is 22.8. The molecule has 0 radical (unpaired) electrons. The molecule has 9 nitrogen and oxygen atoms in total. The molecule has 190 valence electrons. The quantitative estimate of drug-likeness (QED) is 0.108. The van der Waals surface area contributed by atoms with Gasteiger partial charge in [0.2, 0.25) is 0 Å². The molecular formula is C28H27N3O6. The van der Waals surface area contributed by atoms with Crippen LogP contribution in [0.25, 0.3) is 5.76 Å². The molecule has 1 amide bonds. The van der Waals surface area contributed by atoms with Gasteiger partial charge < -0.3 is 14.7 Å². The number of carbonyl (C=O) groups excluding carboxylic acids is 2. The van der Waals surface area contributed by atoms with E-state index in [1.54, 1.807) is 55.7 Å². The SMILES string of the molecule is CCCCOc1ccc(C(O)=C2C(=O)C(=O)N(Cc3cccnc3)[C@@H]2c2cccc([N+](=O)[O-])c2)c(C)c1. The van der Waals surface area contributed by atoms with Crippen molar-refractivity contribution in [2.45, 2.75) is 39.3 Å². The third-order valence-electron chi connectivity index (χ3n) is 6.23. The average molecular weight is 502 g/mol. The Morgan fingerprint density at radius 1 is 1.16 bits per heavy atom. The van der Waals surface area contributed by atoms with Crippen molar-refractivity contribution in [3.05, 3.63) is 105 Å². The Bertz CT molecular complexity index is 1370. The van der Waals surface area contributed by atoms with Crippen LogP contribution in [0.2, 0.25) is 0 Å². The summed E-state index contributed by atoms with van der Waals surface area (Å²) in [6, 6.07) is 13.3. The first-order valence-corrected chi connectivity index (χ1v) is 12.0. The van der Waals surface area contributed by atoms with E-state index in [0.29, 0.717) is 34.6 Å². The molecule has 3 aromatic rings. The Kier molecular flexibility index (Phi) is 7.62. The van der Waals surface area contributed by atoms with E-state index in [-0.39, 0.29) is 23.6 Å². The lowest BCUT2D eigenvalue weighted by Gasteiger charge is -2.25. The number of unbranched alkanes of at least 4 members (excludes halogenated alkanes) is 1. The van der Waals surface area contributed by atoms with Gasteiger partial charge >= 0.3 is 0 Å². The monoisotopic (exact) mass is 501 g/mol. The highest BCUT2D eigenvalue weighted by atomic mass is 16.6. The number of pyridine rings is 1. The fourth-order valence-corrected chi connectivity index (χ4v) is 4.36. The topological polar surface area (TPSA) is 123 Å². The number of nitro groups is 1. The predicted molar refractivity (Wildman–Crippen MR) is 137 cm³/mol. The fraction of sp³-hybridized carbons (Fsp3) is 0.250. The average Bonchev–Trinajstić information content (AvgIpc) is 3.14. The Labute approximate surface area is 214 Å². The second kappa shape index (κ2) is 11.0. The van der Waals surface area contributed by atoms with E-state index in [4.69, 9.17) is 4.74 Å². The van der Waals surface area contributed by atoms with Crippen LogP contribution in [0.4, 0.5) is 5.69 Å². The van der Waals surface area contributed by atoms with Gasteiger partial charge in [-0.2, -0.15) is 0 Å². The molecule has 0 saturated carbocycles. The molecule has 37 heavy (non-hydrogen) atoms. The summed E-state index contributed by atoms with van der Waals surface area (Å²) in [5.41, 5.74) is 1.73. The van der Waals surface area contributed by atoms with Gasteiger partial charge in [0.25, 0.3) is 17.4 Å². The van der Waals surface area contributed by atoms with Gasteiger partial charge in [0.1, 0.15) is 11.5 Å². The van der Waals surface area contributed by atoms with Crippen LogP contribution in [0.15, 0.2) is 72.6 Å². The molecule has 2 heterocycles. The van der Waals surface area contributed by atoms with E-state index >= 15 is 0 Å². The molecule has 1 fully saturated rings. The summed E-state index contributed by atoms with van der Waals surface area (Å²) >= 11 is 0. The van der Waals surface area contributed by atoms with E-state index in [0.717, 1.165) is 12.8 Å². The molecule has 1 aliphatic rings. The summed E-state index contributed by atoms with van der Waals surface area (Å²) in [6.45, 7) is 4.44. The van der Waals surface area contributed by atoms with Gasteiger partial charge in [0, 0.05) is 36.6 Å². The summed E-state index contributed by atoms with van der Waals surface area (Å²) in [7, 11) is 0. The minimum atomic E-state index is -1.03. The van der Waals surface area contributed by atoms with Gasteiger partial charge in [0.05, 0.1) is 23.1 Å². The normalized spacial score (nSPS) is 16.7. The van der Waals surface area contributed by atoms with Crippen LogP contribution in [0.3, 0.4) is 0 Å². The van der Waals surface area contributed by atoms with Gasteiger partial charge in [0.15, 0.2) is 0 Å². The van der Waals surface area contributed by atoms with Crippen molar-refractivity contribution in [1.82, 2.24) is 9.88 Å². The van der Waals surface area contributed by atoms with E-state index in [1.165, 1.54) is 23.1 Å². The summed E-state index contributed by atoms with van der Waals surface area (Å²) in [5.74, 6) is -1.38. The minimum absolute atomic E-state index is 0.0335. The van der Waals surface area contributed by atoms with Crippen LogP contribution in [-0.4, -0.2) is 38.2 Å². The maximum absolute atomic E-state index is 13.3. The third-order valence-corrected chi connectivity index (χ3v) is 6.23. The van der Waals surface area contributed by atoms with Gasteiger partial charge in [-0.15, -0.1) is 0 Å². The highest BCUT2D eigenvalue weighted by molar-refractivity contribution is 6.46. The number of hydrogen-bond acceptors (Lipinski definition) is 7. The largest absolute Gasteiger partial charge is 0.507 e. The molecule has 2 aromatic carbocycles. The molecule has 1 saturated heterocycles. The molecule has 1 atom stereocenters. The fourth-order valence-electron chi connectivity index (χ4n) is 4.36. The highest BCUT2D eigenvalue weighted by Crippen LogP contribution is 2.41. The summed E-state index contributed by atoms with van der Waals surface area (Å²) in [4.78, 5) is 42.8. The van der Waals surface area contributed by atoms with Crippen LogP contribution < -0.4 is 4.74 Å². The van der Waals surface area contributed by atoms with E-state index in [1.807, 2.05) is 0 Å². The lowest BCUT2D eigenvalue weighted by atomic mass is 9.93. The summed E-state index contributed by atoms with van der Waals surface area (Å²) in [6.07, 6.45) is 5.07. The first kappa shape index (κ1) is 25.6. The number of amides is 1. The lowest BCUT2D eigenvalue weighted by molar-refractivity contribution is -0.384. The highest BCUT2D eigenvalue weighted by Gasteiger charge is 2.46. The Hall–Kier alpha value is -4.53. The number of hydrogen-bond donors (Lipinski definition) is 1. The molecule has 0 aliphatic carbocycles. The van der Waals surface area contributed by atoms with Crippen molar-refractivity contribution in [2.24, 2.45) is 0 Å². The number of non-ortho nitro benzene ring substituents is 1. The molecule has 1 aromatic heterocycles. The third kappa shape index (κ3) is 5.35. The number of carbonyl (C=O) groups is 2. The standard InChI is InChI=1S/C28H27N3O6/c1-3-4-13-37-22-10-11-23(18(2)14-22)26(32)24-25(20-8-5-9-21(15-20)31(35)36)30(28(34)27(24)33)17-19-7-6-12-29-16-19/h5-12,14-16,25,32H,3-4,13,17H2,1-2H3/t25-/m1/s1. The second-order valence-corrected chi connectivity index (χ2v) is 8.82. The molecule has 9 heteroatoms. The van der Waals surface area contributed by atoms with E-state index in [2.05, 4.69) is 11.9 Å². The molecule has 0 unspecified atom stereocenters. The maximum atomic E-state index is 13.3. The van der Waals surface area contributed by atoms with Crippen molar-refractivity contribution in [2.75, 3.05) is 6.61 Å². The van der Waals surface area contributed by atoms with E-state index < -0.39 is 22.7 Å². The van der Waals surface area contributed by atoms with Gasteiger partial charge in [-0.1, -0.05) is 31.5 Å². The number of aromatic nitrogens is 1. The number of aliphatic hydroxyl groups excluding tert-OH is 1. The van der Waals surface area contributed by atoms with Gasteiger partial charge in [-0.3, -0.25) is 24.7 Å². The minimum Gasteiger partial charge on any atom is -0.507 e. The van der Waals surface area contributed by atoms with Crippen molar-refractivity contribution in [3.63, 3.8) is 0 Å². The number of benzene rings is 2. The van der Waals surface area contributed by atoms with Gasteiger partial charge in [-0.25, -0.2) is 0 Å². The summed E-state index contributed by atoms with van der Waals surface area (Å²) < 4.78 is 5.74. The lowest BCUT2D eigenvalue weighted by Crippen LogP contribution is -2.29. The zero-order valence-electron chi connectivity index (χ0n) is 20.6. The van der Waals surface area contributed by atoms with Crippen LogP contribution in [0, 0.1) is 17.0 Å². The number of Topliss-reactive ketones (excluding diaryl/α,β-unsaturated/α-hetero) is 1. The maximum Gasteiger partial charge on any atom is 0.295 e. The molecule has 0 bridgehead atoms. The molecule has 4 rings (SSSR count). The Morgan fingerprint density at radius 3 is 2.65 bits per heavy atom.